The Morgan fingerprint density at radius 3 is 2.71 bits per heavy atom. The largest absolute Gasteiger partial charge is 0.493 e. The molecule has 1 N–H and O–H groups in total. The number of benzene rings is 1. The second-order valence-electron chi connectivity index (χ2n) is 6.18. The zero-order chi connectivity index (χ0) is 20.1. The maximum atomic E-state index is 12.5. The molecule has 7 nitrogen and oxygen atoms in total. The van der Waals surface area contributed by atoms with E-state index >= 15 is 0 Å². The van der Waals surface area contributed by atoms with Crippen molar-refractivity contribution in [1.82, 2.24) is 14.9 Å². The Morgan fingerprint density at radius 1 is 1.25 bits per heavy atom. The molecule has 0 aliphatic rings. The van der Waals surface area contributed by atoms with Gasteiger partial charge in [0.1, 0.15) is 5.76 Å². The molecule has 0 saturated carbocycles. The molecule has 2 heterocycles. The molecule has 0 fully saturated rings. The Bertz CT molecular complexity index is 951. The number of rotatable bonds is 8. The predicted molar refractivity (Wildman–Crippen MR) is 107 cm³/mol. The number of imidazole rings is 1. The Hall–Kier alpha value is -2.87. The van der Waals surface area contributed by atoms with Crippen molar-refractivity contribution in [2.45, 2.75) is 23.9 Å². The number of nitrogens with one attached hydrogen (secondary N) is 1. The summed E-state index contributed by atoms with van der Waals surface area (Å²) in [6, 6.07) is 8.83. The number of hydrogen-bond donors (Lipinski definition) is 1. The van der Waals surface area contributed by atoms with E-state index in [-0.39, 0.29) is 17.7 Å². The van der Waals surface area contributed by atoms with E-state index in [2.05, 4.69) is 10.3 Å². The predicted octanol–water partition coefficient (Wildman–Crippen LogP) is 3.81. The van der Waals surface area contributed by atoms with Gasteiger partial charge in [-0.05, 0) is 36.8 Å². The summed E-state index contributed by atoms with van der Waals surface area (Å²) < 4.78 is 18.2. The van der Waals surface area contributed by atoms with E-state index in [0.29, 0.717) is 17.3 Å². The molecule has 2 aromatic heterocycles. The summed E-state index contributed by atoms with van der Waals surface area (Å²) in [6.45, 7) is 1.90. The van der Waals surface area contributed by atoms with Crippen LogP contribution in [0.3, 0.4) is 0 Å². The van der Waals surface area contributed by atoms with Crippen molar-refractivity contribution in [1.29, 1.82) is 0 Å². The molecule has 0 spiro atoms. The zero-order valence-corrected chi connectivity index (χ0v) is 17.1. The van der Waals surface area contributed by atoms with Gasteiger partial charge in [-0.3, -0.25) is 4.79 Å². The van der Waals surface area contributed by atoms with Crippen molar-refractivity contribution in [3.05, 3.63) is 59.8 Å². The number of amides is 1. The van der Waals surface area contributed by atoms with Gasteiger partial charge in [-0.25, -0.2) is 4.98 Å². The first-order chi connectivity index (χ1) is 13.5. The van der Waals surface area contributed by atoms with Gasteiger partial charge >= 0.3 is 0 Å². The van der Waals surface area contributed by atoms with Crippen LogP contribution in [0.5, 0.6) is 11.5 Å². The Balaban J connectivity index is 1.61. The molecule has 0 saturated heterocycles. The fraction of sp³-hybridized carbons (Fsp3) is 0.300. The lowest BCUT2D eigenvalue weighted by atomic mass is 10.1. The molecule has 0 aliphatic heterocycles. The zero-order valence-electron chi connectivity index (χ0n) is 16.3. The van der Waals surface area contributed by atoms with Crippen molar-refractivity contribution in [3.8, 4) is 11.5 Å². The molecule has 3 rings (SSSR count). The van der Waals surface area contributed by atoms with E-state index in [1.54, 1.807) is 38.2 Å². The van der Waals surface area contributed by atoms with Gasteiger partial charge in [0.2, 0.25) is 0 Å². The molecule has 1 amide bonds. The number of methoxy groups -OCH3 is 2. The van der Waals surface area contributed by atoms with Gasteiger partial charge in [-0.1, -0.05) is 17.8 Å². The number of carbonyl (C=O) groups excluding carboxylic acids is 1. The van der Waals surface area contributed by atoms with E-state index in [1.807, 2.05) is 49.0 Å². The highest BCUT2D eigenvalue weighted by Crippen LogP contribution is 2.30. The lowest BCUT2D eigenvalue weighted by molar-refractivity contribution is 0.0910. The average Bonchev–Trinajstić information content (AvgIpc) is 3.34. The quantitative estimate of drug-likeness (QED) is 0.578. The van der Waals surface area contributed by atoms with Crippen LogP contribution in [0.1, 0.15) is 34.8 Å². The molecule has 0 radical (unpaired) electrons. The number of aryl methyl sites for hydroxylation is 1. The van der Waals surface area contributed by atoms with Crippen molar-refractivity contribution in [2.24, 2.45) is 7.05 Å². The molecular weight excluding hydrogens is 378 g/mol. The number of ether oxygens (including phenoxy) is 2. The van der Waals surface area contributed by atoms with Crippen LogP contribution in [0, 0.1) is 0 Å². The van der Waals surface area contributed by atoms with Crippen molar-refractivity contribution < 1.29 is 18.7 Å². The maximum absolute atomic E-state index is 12.5. The number of furan rings is 1. The Kier molecular flexibility index (Phi) is 6.30. The number of hydrogen-bond acceptors (Lipinski definition) is 6. The fourth-order valence-corrected chi connectivity index (χ4v) is 3.50. The number of carbonyl (C=O) groups is 1. The van der Waals surface area contributed by atoms with Crippen LogP contribution >= 0.6 is 11.8 Å². The average molecular weight is 401 g/mol. The van der Waals surface area contributed by atoms with Gasteiger partial charge in [0.05, 0.1) is 26.0 Å². The molecule has 0 bridgehead atoms. The van der Waals surface area contributed by atoms with Crippen molar-refractivity contribution in [2.75, 3.05) is 14.2 Å². The highest BCUT2D eigenvalue weighted by Gasteiger charge is 2.17. The smallest absolute Gasteiger partial charge is 0.287 e. The Morgan fingerprint density at radius 2 is 2.04 bits per heavy atom. The molecule has 1 unspecified atom stereocenters. The third-order valence-corrected chi connectivity index (χ3v) is 5.34. The molecule has 3 aromatic rings. The minimum Gasteiger partial charge on any atom is -0.493 e. The highest BCUT2D eigenvalue weighted by molar-refractivity contribution is 7.98. The summed E-state index contributed by atoms with van der Waals surface area (Å²) >= 11 is 1.55. The van der Waals surface area contributed by atoms with E-state index in [9.17, 15) is 4.79 Å². The monoisotopic (exact) mass is 401 g/mol. The molecule has 148 valence electrons. The van der Waals surface area contributed by atoms with Crippen LogP contribution in [-0.4, -0.2) is 29.7 Å². The van der Waals surface area contributed by atoms with Crippen LogP contribution in [0.25, 0.3) is 0 Å². The van der Waals surface area contributed by atoms with Gasteiger partial charge in [0, 0.05) is 19.4 Å². The molecule has 1 atom stereocenters. The highest BCUT2D eigenvalue weighted by atomic mass is 32.2. The van der Waals surface area contributed by atoms with Gasteiger partial charge in [0.15, 0.2) is 22.4 Å². The van der Waals surface area contributed by atoms with Crippen LogP contribution in [0.4, 0.5) is 0 Å². The van der Waals surface area contributed by atoms with E-state index < -0.39 is 0 Å². The van der Waals surface area contributed by atoms with Crippen LogP contribution in [0.2, 0.25) is 0 Å². The number of thioether (sulfide) groups is 1. The summed E-state index contributed by atoms with van der Waals surface area (Å²) in [5.74, 6) is 2.59. The molecular formula is C20H23N3O4S. The van der Waals surface area contributed by atoms with Gasteiger partial charge in [-0.2, -0.15) is 0 Å². The van der Waals surface area contributed by atoms with Crippen LogP contribution in [-0.2, 0) is 12.8 Å². The summed E-state index contributed by atoms with van der Waals surface area (Å²) in [5.41, 5.74) is 0.906. The van der Waals surface area contributed by atoms with Crippen LogP contribution < -0.4 is 14.8 Å². The lowest BCUT2D eigenvalue weighted by Gasteiger charge is -2.16. The summed E-state index contributed by atoms with van der Waals surface area (Å²) in [7, 11) is 5.10. The third-order valence-electron chi connectivity index (χ3n) is 4.26. The topological polar surface area (TPSA) is 78.5 Å². The lowest BCUT2D eigenvalue weighted by Crippen LogP contribution is -2.26. The second-order valence-corrected chi connectivity index (χ2v) is 7.13. The van der Waals surface area contributed by atoms with Gasteiger partial charge in [0.25, 0.3) is 5.91 Å². The van der Waals surface area contributed by atoms with E-state index in [1.165, 1.54) is 0 Å². The van der Waals surface area contributed by atoms with Crippen LogP contribution in [0.15, 0.2) is 52.3 Å². The first-order valence-corrected chi connectivity index (χ1v) is 9.72. The molecule has 8 heteroatoms. The summed E-state index contributed by atoms with van der Waals surface area (Å²) in [6.07, 6.45) is 3.64. The molecule has 28 heavy (non-hydrogen) atoms. The molecule has 0 aliphatic carbocycles. The first kappa shape index (κ1) is 19.9. The minimum absolute atomic E-state index is 0.220. The first-order valence-electron chi connectivity index (χ1n) is 8.73. The van der Waals surface area contributed by atoms with Gasteiger partial charge in [-0.15, -0.1) is 0 Å². The number of aromatic nitrogens is 2. The van der Waals surface area contributed by atoms with E-state index in [4.69, 9.17) is 13.9 Å². The number of nitrogens with zero attached hydrogens (tertiary/aromatic N) is 2. The minimum atomic E-state index is -0.268. The normalized spacial score (nSPS) is 11.9. The summed E-state index contributed by atoms with van der Waals surface area (Å²) in [4.78, 5) is 16.8. The van der Waals surface area contributed by atoms with Crippen molar-refractivity contribution >= 4 is 17.7 Å². The Labute approximate surface area is 168 Å². The standard InChI is InChI=1S/C20H23N3O4S/c1-13(14-5-7-16(25-3)18(11-14)26-4)22-19(24)17-8-6-15(27-17)12-28-20-21-9-10-23(20)2/h5-11,13H,12H2,1-4H3,(H,22,24). The SMILES string of the molecule is COc1ccc(C(C)NC(=O)c2ccc(CSc3nccn3C)o2)cc1OC. The fourth-order valence-electron chi connectivity index (χ4n) is 2.68. The third kappa shape index (κ3) is 4.51. The summed E-state index contributed by atoms with van der Waals surface area (Å²) in [5, 5.41) is 3.83. The maximum Gasteiger partial charge on any atom is 0.287 e. The van der Waals surface area contributed by atoms with Gasteiger partial charge < -0.3 is 23.8 Å². The van der Waals surface area contributed by atoms with Crippen molar-refractivity contribution in [3.63, 3.8) is 0 Å². The molecule has 1 aromatic carbocycles. The second kappa shape index (κ2) is 8.88. The van der Waals surface area contributed by atoms with E-state index in [0.717, 1.165) is 16.5 Å².